The summed E-state index contributed by atoms with van der Waals surface area (Å²) in [5.74, 6) is 0. The zero-order valence-corrected chi connectivity index (χ0v) is 12.4. The van der Waals surface area contributed by atoms with Crippen molar-refractivity contribution in [2.75, 3.05) is 26.2 Å². The van der Waals surface area contributed by atoms with Gasteiger partial charge in [0.15, 0.2) is 0 Å². The molecule has 18 heavy (non-hydrogen) atoms. The van der Waals surface area contributed by atoms with Crippen LogP contribution in [0.1, 0.15) is 46.0 Å². The lowest BCUT2D eigenvalue weighted by Gasteiger charge is -2.30. The Balaban J connectivity index is 2.07. The van der Waals surface area contributed by atoms with E-state index in [4.69, 9.17) is 0 Å². The van der Waals surface area contributed by atoms with Gasteiger partial charge in [0.2, 0.25) is 10.0 Å². The van der Waals surface area contributed by atoms with Crippen LogP contribution >= 0.6 is 0 Å². The van der Waals surface area contributed by atoms with E-state index in [1.165, 1.54) is 0 Å². The van der Waals surface area contributed by atoms with E-state index in [2.05, 4.69) is 19.2 Å². The Morgan fingerprint density at radius 2 is 2.06 bits per heavy atom. The van der Waals surface area contributed by atoms with Crippen LogP contribution in [-0.4, -0.2) is 44.2 Å². The van der Waals surface area contributed by atoms with E-state index in [9.17, 15) is 8.42 Å². The van der Waals surface area contributed by atoms with Gasteiger partial charge in [0.05, 0.1) is 5.25 Å². The average molecular weight is 274 g/mol. The molecule has 0 amide bonds. The number of hydrogen-bond donors (Lipinski definition) is 1. The number of nitrogens with zero attached hydrogens (tertiary/aromatic N) is 1. The minimum absolute atomic E-state index is 0.198. The Labute approximate surface area is 111 Å². The summed E-state index contributed by atoms with van der Waals surface area (Å²) in [7, 11) is -3.08. The van der Waals surface area contributed by atoms with Gasteiger partial charge in [-0.2, -0.15) is 0 Å². The van der Waals surface area contributed by atoms with E-state index < -0.39 is 10.0 Å². The third-order valence-corrected chi connectivity index (χ3v) is 7.21. The molecule has 0 saturated carbocycles. The molecule has 2 saturated heterocycles. The van der Waals surface area contributed by atoms with Crippen LogP contribution in [-0.2, 0) is 10.0 Å². The quantitative estimate of drug-likeness (QED) is 0.847. The van der Waals surface area contributed by atoms with Gasteiger partial charge in [-0.25, -0.2) is 12.7 Å². The van der Waals surface area contributed by atoms with Crippen molar-refractivity contribution in [2.24, 2.45) is 5.41 Å². The summed E-state index contributed by atoms with van der Waals surface area (Å²) >= 11 is 0. The van der Waals surface area contributed by atoms with Crippen LogP contribution in [0.25, 0.3) is 0 Å². The van der Waals surface area contributed by atoms with Gasteiger partial charge >= 0.3 is 0 Å². The lowest BCUT2D eigenvalue weighted by atomic mass is 9.82. The first-order valence-corrected chi connectivity index (χ1v) is 8.74. The van der Waals surface area contributed by atoms with E-state index in [1.807, 2.05) is 0 Å². The van der Waals surface area contributed by atoms with E-state index in [-0.39, 0.29) is 10.7 Å². The molecule has 1 atom stereocenters. The van der Waals surface area contributed by atoms with Gasteiger partial charge in [0.1, 0.15) is 0 Å². The van der Waals surface area contributed by atoms with Gasteiger partial charge in [-0.05, 0) is 44.1 Å². The Kier molecular flexibility index (Phi) is 4.34. The minimum Gasteiger partial charge on any atom is -0.315 e. The molecule has 0 radical (unpaired) electrons. The summed E-state index contributed by atoms with van der Waals surface area (Å²) in [6.45, 7) is 7.41. The molecule has 2 heterocycles. The average Bonchev–Trinajstić information content (AvgIpc) is 2.85. The van der Waals surface area contributed by atoms with Crippen LogP contribution in [0.15, 0.2) is 0 Å². The van der Waals surface area contributed by atoms with Crippen LogP contribution in [0.3, 0.4) is 0 Å². The summed E-state index contributed by atoms with van der Waals surface area (Å²) < 4.78 is 26.9. The van der Waals surface area contributed by atoms with Gasteiger partial charge in [-0.1, -0.05) is 13.8 Å². The first-order chi connectivity index (χ1) is 8.54. The van der Waals surface area contributed by atoms with Crippen LogP contribution in [0.2, 0.25) is 0 Å². The SMILES string of the molecule is CCC1(CC)CCN(S(=O)(=O)C2CCCNC2)C1. The Morgan fingerprint density at radius 3 is 2.56 bits per heavy atom. The number of rotatable bonds is 4. The fourth-order valence-electron chi connectivity index (χ4n) is 3.22. The van der Waals surface area contributed by atoms with Crippen molar-refractivity contribution in [2.45, 2.75) is 51.2 Å². The van der Waals surface area contributed by atoms with E-state index in [0.29, 0.717) is 6.54 Å². The van der Waals surface area contributed by atoms with Crippen molar-refractivity contribution in [3.05, 3.63) is 0 Å². The maximum absolute atomic E-state index is 12.6. The molecule has 4 nitrogen and oxygen atoms in total. The molecule has 0 aromatic heterocycles. The van der Waals surface area contributed by atoms with Crippen molar-refractivity contribution in [3.63, 3.8) is 0 Å². The van der Waals surface area contributed by atoms with Gasteiger partial charge in [-0.15, -0.1) is 0 Å². The molecule has 2 rings (SSSR count). The van der Waals surface area contributed by atoms with E-state index >= 15 is 0 Å². The van der Waals surface area contributed by atoms with Crippen LogP contribution in [0.5, 0.6) is 0 Å². The molecular formula is C13H26N2O2S. The molecule has 0 spiro atoms. The maximum Gasteiger partial charge on any atom is 0.218 e. The van der Waals surface area contributed by atoms with Crippen LogP contribution < -0.4 is 5.32 Å². The smallest absolute Gasteiger partial charge is 0.218 e. The number of nitrogens with one attached hydrogen (secondary N) is 1. The molecule has 1 N–H and O–H groups in total. The summed E-state index contributed by atoms with van der Waals surface area (Å²) in [5, 5.41) is 3.01. The van der Waals surface area contributed by atoms with E-state index in [0.717, 1.165) is 51.7 Å². The third kappa shape index (κ3) is 2.58. The molecule has 5 heteroatoms. The number of hydrogen-bond acceptors (Lipinski definition) is 3. The Morgan fingerprint density at radius 1 is 1.33 bits per heavy atom. The summed E-state index contributed by atoms with van der Waals surface area (Å²) in [5.41, 5.74) is 0.231. The van der Waals surface area contributed by atoms with Crippen molar-refractivity contribution < 1.29 is 8.42 Å². The molecule has 0 aromatic carbocycles. The molecule has 0 aliphatic carbocycles. The fraction of sp³-hybridized carbons (Fsp3) is 1.00. The third-order valence-electron chi connectivity index (χ3n) is 4.94. The predicted octanol–water partition coefficient (Wildman–Crippen LogP) is 1.58. The van der Waals surface area contributed by atoms with Crippen molar-refractivity contribution in [3.8, 4) is 0 Å². The second-order valence-corrected chi connectivity index (χ2v) is 8.02. The van der Waals surface area contributed by atoms with Gasteiger partial charge in [0.25, 0.3) is 0 Å². The largest absolute Gasteiger partial charge is 0.315 e. The molecular weight excluding hydrogens is 248 g/mol. The molecule has 0 bridgehead atoms. The maximum atomic E-state index is 12.6. The minimum atomic E-state index is -3.08. The molecule has 0 aromatic rings. The number of piperidine rings is 1. The first kappa shape index (κ1) is 14.3. The highest BCUT2D eigenvalue weighted by molar-refractivity contribution is 7.89. The highest BCUT2D eigenvalue weighted by atomic mass is 32.2. The monoisotopic (exact) mass is 274 g/mol. The van der Waals surface area contributed by atoms with Gasteiger partial charge < -0.3 is 5.32 Å². The van der Waals surface area contributed by atoms with Gasteiger partial charge in [-0.3, -0.25) is 0 Å². The van der Waals surface area contributed by atoms with Crippen LogP contribution in [0.4, 0.5) is 0 Å². The Hall–Kier alpha value is -0.130. The van der Waals surface area contributed by atoms with Crippen molar-refractivity contribution in [1.82, 2.24) is 9.62 Å². The van der Waals surface area contributed by atoms with Crippen LogP contribution in [0, 0.1) is 5.41 Å². The topological polar surface area (TPSA) is 49.4 Å². The summed E-state index contributed by atoms with van der Waals surface area (Å²) in [6.07, 6.45) is 4.98. The van der Waals surface area contributed by atoms with Crippen molar-refractivity contribution >= 4 is 10.0 Å². The van der Waals surface area contributed by atoms with Crippen molar-refractivity contribution in [1.29, 1.82) is 0 Å². The second-order valence-electron chi connectivity index (χ2n) is 5.80. The predicted molar refractivity (Wildman–Crippen MR) is 74.0 cm³/mol. The lowest BCUT2D eigenvalue weighted by molar-refractivity contribution is 0.278. The lowest BCUT2D eigenvalue weighted by Crippen LogP contribution is -2.46. The van der Waals surface area contributed by atoms with Gasteiger partial charge in [0, 0.05) is 19.6 Å². The zero-order chi connectivity index (χ0) is 13.2. The van der Waals surface area contributed by atoms with E-state index in [1.54, 1.807) is 4.31 Å². The molecule has 2 aliphatic rings. The molecule has 2 aliphatic heterocycles. The molecule has 106 valence electrons. The Bertz CT molecular complexity index is 370. The summed E-state index contributed by atoms with van der Waals surface area (Å²) in [6, 6.07) is 0. The highest BCUT2D eigenvalue weighted by Gasteiger charge is 2.42. The molecule has 1 unspecified atom stereocenters. The number of sulfonamides is 1. The fourth-order valence-corrected chi connectivity index (χ4v) is 5.24. The second kappa shape index (κ2) is 5.47. The standard InChI is InChI=1S/C13H26N2O2S/c1-3-13(4-2)7-9-15(11-13)18(16,17)12-6-5-8-14-10-12/h12,14H,3-11H2,1-2H3. The normalized spacial score (nSPS) is 29.6. The first-order valence-electron chi connectivity index (χ1n) is 7.24. The highest BCUT2D eigenvalue weighted by Crippen LogP contribution is 2.39. The zero-order valence-electron chi connectivity index (χ0n) is 11.6. The summed E-state index contributed by atoms with van der Waals surface area (Å²) in [4.78, 5) is 0. The molecule has 2 fully saturated rings.